The predicted molar refractivity (Wildman–Crippen MR) is 130 cm³/mol. The van der Waals surface area contributed by atoms with E-state index in [2.05, 4.69) is 25.7 Å². The molecular weight excluding hydrogens is 464 g/mol. The Morgan fingerprint density at radius 3 is 2.74 bits per heavy atom. The van der Waals surface area contributed by atoms with Crippen molar-refractivity contribution in [1.29, 1.82) is 0 Å². The smallest absolute Gasteiger partial charge is 0.258 e. The van der Waals surface area contributed by atoms with E-state index in [4.69, 9.17) is 9.26 Å². The molecule has 0 spiro atoms. The fraction of sp³-hybridized carbons (Fsp3) is 0.320. The normalized spacial score (nSPS) is 17.8. The lowest BCUT2D eigenvalue weighted by molar-refractivity contribution is -0.128. The van der Waals surface area contributed by atoms with Gasteiger partial charge in [-0.15, -0.1) is 10.2 Å². The minimum Gasteiger partial charge on any atom is -0.457 e. The molecule has 6 rings (SSSR count). The van der Waals surface area contributed by atoms with E-state index in [9.17, 15) is 4.79 Å². The van der Waals surface area contributed by atoms with Gasteiger partial charge in [0.1, 0.15) is 22.0 Å². The third kappa shape index (κ3) is 4.54. The van der Waals surface area contributed by atoms with E-state index in [1.165, 1.54) is 11.3 Å². The number of likely N-dealkylation sites (tertiary alicyclic amines) is 1. The Kier molecular flexibility index (Phi) is 5.75. The number of rotatable bonds is 8. The Bertz CT molecular complexity index is 1330. The van der Waals surface area contributed by atoms with Crippen LogP contribution in [-0.4, -0.2) is 50.8 Å². The highest BCUT2D eigenvalue weighted by atomic mass is 32.1. The maximum absolute atomic E-state index is 12.3. The Morgan fingerprint density at radius 1 is 1.17 bits per heavy atom. The van der Waals surface area contributed by atoms with Crippen LogP contribution in [0.2, 0.25) is 0 Å². The number of carbonyl (C=O) groups excluding carboxylic acids is 1. The topological polar surface area (TPSA) is 106 Å². The first-order valence-electron chi connectivity index (χ1n) is 11.6. The lowest BCUT2D eigenvalue weighted by Gasteiger charge is -2.14. The molecule has 0 bridgehead atoms. The molecule has 1 aliphatic carbocycles. The average molecular weight is 489 g/mol. The van der Waals surface area contributed by atoms with Crippen LogP contribution in [0.25, 0.3) is 22.0 Å². The zero-order chi connectivity index (χ0) is 23.8. The molecule has 1 unspecified atom stereocenters. The molecule has 2 fully saturated rings. The van der Waals surface area contributed by atoms with Gasteiger partial charge in [0.2, 0.25) is 5.91 Å². The molecule has 178 valence electrons. The van der Waals surface area contributed by atoms with Crippen LogP contribution < -0.4 is 10.1 Å². The first kappa shape index (κ1) is 21.9. The van der Waals surface area contributed by atoms with Crippen LogP contribution in [0.15, 0.2) is 52.5 Å². The summed E-state index contributed by atoms with van der Waals surface area (Å²) in [6.07, 6.45) is 2.64. The maximum atomic E-state index is 12.3. The standard InChI is InChI=1S/C25H24N6O3S/c1-26-12-17-3-2-16(10-21(17)33-20-8-4-15(5-9-20)25-29-27-14-35-25)24-28-23(30-34-24)18-11-22(32)31(13-18)19-6-7-19/h2-5,8-10,14,18-19,26H,6-7,11-13H2,1H3. The molecule has 3 heterocycles. The highest BCUT2D eigenvalue weighted by Crippen LogP contribution is 2.37. The quantitative estimate of drug-likeness (QED) is 0.392. The second-order valence-electron chi connectivity index (χ2n) is 8.86. The number of ether oxygens (including phenoxy) is 1. The van der Waals surface area contributed by atoms with Crippen molar-refractivity contribution in [2.45, 2.75) is 37.8 Å². The molecule has 2 aromatic heterocycles. The number of benzene rings is 2. The van der Waals surface area contributed by atoms with Crippen LogP contribution in [0.1, 0.15) is 36.6 Å². The number of nitrogens with zero attached hydrogens (tertiary/aromatic N) is 5. The van der Waals surface area contributed by atoms with Crippen molar-refractivity contribution in [2.24, 2.45) is 0 Å². The van der Waals surface area contributed by atoms with E-state index in [0.717, 1.165) is 34.5 Å². The fourth-order valence-corrected chi connectivity index (χ4v) is 4.93. The van der Waals surface area contributed by atoms with Crippen molar-refractivity contribution >= 4 is 17.2 Å². The summed E-state index contributed by atoms with van der Waals surface area (Å²) in [5.41, 5.74) is 4.48. The zero-order valence-electron chi connectivity index (χ0n) is 19.2. The van der Waals surface area contributed by atoms with Gasteiger partial charge in [0.25, 0.3) is 5.89 Å². The summed E-state index contributed by atoms with van der Waals surface area (Å²) in [7, 11) is 1.90. The third-order valence-electron chi connectivity index (χ3n) is 6.32. The molecule has 9 nitrogen and oxygen atoms in total. The van der Waals surface area contributed by atoms with Gasteiger partial charge in [0, 0.05) is 48.2 Å². The average Bonchev–Trinajstić information content (AvgIpc) is 3.26. The fourth-order valence-electron chi connectivity index (χ4n) is 4.37. The molecule has 2 aliphatic rings. The predicted octanol–water partition coefficient (Wildman–Crippen LogP) is 4.25. The van der Waals surface area contributed by atoms with Crippen molar-refractivity contribution < 1.29 is 14.1 Å². The van der Waals surface area contributed by atoms with Crippen molar-refractivity contribution in [2.75, 3.05) is 13.6 Å². The summed E-state index contributed by atoms with van der Waals surface area (Å²) in [5.74, 6) is 2.59. The molecule has 1 aliphatic heterocycles. The monoisotopic (exact) mass is 488 g/mol. The van der Waals surface area contributed by atoms with Crippen molar-refractivity contribution in [3.63, 3.8) is 0 Å². The van der Waals surface area contributed by atoms with Gasteiger partial charge in [0.05, 0.1) is 0 Å². The number of carbonyl (C=O) groups is 1. The Morgan fingerprint density at radius 2 is 2.00 bits per heavy atom. The van der Waals surface area contributed by atoms with Crippen LogP contribution in [-0.2, 0) is 11.3 Å². The maximum Gasteiger partial charge on any atom is 0.258 e. The van der Waals surface area contributed by atoms with Gasteiger partial charge < -0.3 is 19.5 Å². The Balaban J connectivity index is 1.23. The Hall–Kier alpha value is -3.63. The lowest BCUT2D eigenvalue weighted by atomic mass is 10.1. The molecule has 2 aromatic carbocycles. The van der Waals surface area contributed by atoms with Gasteiger partial charge in [-0.1, -0.05) is 22.6 Å². The molecule has 1 atom stereocenters. The highest BCUT2D eigenvalue weighted by molar-refractivity contribution is 7.12. The number of nitrogens with one attached hydrogen (secondary N) is 1. The summed E-state index contributed by atoms with van der Waals surface area (Å²) in [6.45, 7) is 1.32. The van der Waals surface area contributed by atoms with Gasteiger partial charge in [-0.2, -0.15) is 4.98 Å². The van der Waals surface area contributed by atoms with E-state index in [1.807, 2.05) is 54.4 Å². The van der Waals surface area contributed by atoms with Gasteiger partial charge in [-0.25, -0.2) is 0 Å². The number of amides is 1. The number of aromatic nitrogens is 4. The molecule has 1 amide bonds. The van der Waals surface area contributed by atoms with Gasteiger partial charge in [-0.3, -0.25) is 4.79 Å². The van der Waals surface area contributed by atoms with Gasteiger partial charge in [-0.05, 0) is 56.3 Å². The second-order valence-corrected chi connectivity index (χ2v) is 9.69. The highest BCUT2D eigenvalue weighted by Gasteiger charge is 2.41. The molecule has 1 saturated heterocycles. The van der Waals surface area contributed by atoms with E-state index >= 15 is 0 Å². The summed E-state index contributed by atoms with van der Waals surface area (Å²) < 4.78 is 11.8. The minimum atomic E-state index is -0.0218. The molecule has 4 aromatic rings. The van der Waals surface area contributed by atoms with Crippen LogP contribution >= 0.6 is 11.3 Å². The third-order valence-corrected chi connectivity index (χ3v) is 7.06. The van der Waals surface area contributed by atoms with Crippen LogP contribution in [0, 0.1) is 0 Å². The molecule has 35 heavy (non-hydrogen) atoms. The summed E-state index contributed by atoms with van der Waals surface area (Å²) in [5, 5.41) is 16.3. The van der Waals surface area contributed by atoms with Crippen LogP contribution in [0.4, 0.5) is 0 Å². The van der Waals surface area contributed by atoms with E-state index in [1.54, 1.807) is 5.51 Å². The first-order valence-corrected chi connectivity index (χ1v) is 12.5. The molecule has 10 heteroatoms. The molecule has 1 N–H and O–H groups in total. The van der Waals surface area contributed by atoms with E-state index in [-0.39, 0.29) is 11.8 Å². The van der Waals surface area contributed by atoms with Crippen LogP contribution in [0.5, 0.6) is 11.5 Å². The van der Waals surface area contributed by atoms with E-state index < -0.39 is 0 Å². The molecule has 0 radical (unpaired) electrons. The lowest BCUT2D eigenvalue weighted by Crippen LogP contribution is -2.27. The first-order chi connectivity index (χ1) is 17.2. The number of hydrogen-bond donors (Lipinski definition) is 1. The summed E-state index contributed by atoms with van der Waals surface area (Å²) >= 11 is 1.49. The largest absolute Gasteiger partial charge is 0.457 e. The Labute approximate surface area is 206 Å². The van der Waals surface area contributed by atoms with Crippen molar-refractivity contribution in [1.82, 2.24) is 30.6 Å². The van der Waals surface area contributed by atoms with E-state index in [0.29, 0.717) is 48.8 Å². The second kappa shape index (κ2) is 9.20. The SMILES string of the molecule is CNCc1ccc(-c2nc(C3CC(=O)N(C4CC4)C3)no2)cc1Oc1ccc(-c2nncs2)cc1. The van der Waals surface area contributed by atoms with Crippen molar-refractivity contribution in [3.8, 4) is 33.5 Å². The van der Waals surface area contributed by atoms with Gasteiger partial charge >= 0.3 is 0 Å². The molecular formula is C25H24N6O3S. The van der Waals surface area contributed by atoms with Crippen LogP contribution in [0.3, 0.4) is 0 Å². The summed E-state index contributed by atoms with van der Waals surface area (Å²) in [6, 6.07) is 14.0. The summed E-state index contributed by atoms with van der Waals surface area (Å²) in [4.78, 5) is 18.9. The number of hydrogen-bond acceptors (Lipinski definition) is 9. The molecule has 1 saturated carbocycles. The minimum absolute atomic E-state index is 0.0218. The zero-order valence-corrected chi connectivity index (χ0v) is 20.0. The van der Waals surface area contributed by atoms with Crippen molar-refractivity contribution in [3.05, 3.63) is 59.4 Å². The van der Waals surface area contributed by atoms with Gasteiger partial charge in [0.15, 0.2) is 5.82 Å².